The van der Waals surface area contributed by atoms with Gasteiger partial charge in [-0.3, -0.25) is 9.89 Å². The topological polar surface area (TPSA) is 55.0 Å². The number of rotatable bonds is 3. The van der Waals surface area contributed by atoms with E-state index in [9.17, 15) is 4.79 Å². The minimum absolute atomic E-state index is 0.190. The van der Waals surface area contributed by atoms with Crippen LogP contribution in [-0.4, -0.2) is 23.3 Å². The SMILES string of the molecule is COC(=O)C(C)(C)Cc1ccc2[nH]ncc2c1. The lowest BCUT2D eigenvalue weighted by Crippen LogP contribution is -2.27. The summed E-state index contributed by atoms with van der Waals surface area (Å²) in [6, 6.07) is 6.03. The van der Waals surface area contributed by atoms with Crippen molar-refractivity contribution < 1.29 is 9.53 Å². The minimum Gasteiger partial charge on any atom is -0.469 e. The van der Waals surface area contributed by atoms with Crippen LogP contribution >= 0.6 is 0 Å². The van der Waals surface area contributed by atoms with E-state index in [1.165, 1.54) is 7.11 Å². The lowest BCUT2D eigenvalue weighted by molar-refractivity contribution is -0.150. The summed E-state index contributed by atoms with van der Waals surface area (Å²) in [5.41, 5.74) is 1.60. The van der Waals surface area contributed by atoms with Crippen molar-refractivity contribution in [1.82, 2.24) is 10.2 Å². The largest absolute Gasteiger partial charge is 0.469 e. The van der Waals surface area contributed by atoms with Crippen molar-refractivity contribution in [3.63, 3.8) is 0 Å². The van der Waals surface area contributed by atoms with E-state index in [1.54, 1.807) is 6.20 Å². The van der Waals surface area contributed by atoms with Crippen LogP contribution in [0.1, 0.15) is 19.4 Å². The van der Waals surface area contributed by atoms with Crippen LogP contribution in [0, 0.1) is 5.41 Å². The standard InChI is InChI=1S/C13H16N2O2/c1-13(2,12(16)17-3)7-9-4-5-11-10(6-9)8-14-15-11/h4-6,8H,7H2,1-3H3,(H,14,15). The first-order chi connectivity index (χ1) is 8.03. The minimum atomic E-state index is -0.508. The molecule has 0 aliphatic heterocycles. The molecule has 0 bridgehead atoms. The Morgan fingerprint density at radius 2 is 2.24 bits per heavy atom. The highest BCUT2D eigenvalue weighted by molar-refractivity contribution is 5.79. The Kier molecular flexibility index (Phi) is 2.88. The summed E-state index contributed by atoms with van der Waals surface area (Å²) in [5.74, 6) is -0.190. The molecule has 1 aromatic carbocycles. The summed E-state index contributed by atoms with van der Waals surface area (Å²) in [6.07, 6.45) is 2.44. The van der Waals surface area contributed by atoms with Gasteiger partial charge in [0.2, 0.25) is 0 Å². The molecule has 0 amide bonds. The van der Waals surface area contributed by atoms with Crippen LogP contribution in [0.4, 0.5) is 0 Å². The first-order valence-corrected chi connectivity index (χ1v) is 5.53. The van der Waals surface area contributed by atoms with Gasteiger partial charge in [0.25, 0.3) is 0 Å². The van der Waals surface area contributed by atoms with E-state index in [0.29, 0.717) is 6.42 Å². The van der Waals surface area contributed by atoms with Crippen LogP contribution in [0.3, 0.4) is 0 Å². The number of esters is 1. The molecule has 4 heteroatoms. The van der Waals surface area contributed by atoms with Gasteiger partial charge in [0.1, 0.15) is 0 Å². The number of fused-ring (bicyclic) bond motifs is 1. The second kappa shape index (κ2) is 4.20. The third-order valence-electron chi connectivity index (χ3n) is 2.89. The van der Waals surface area contributed by atoms with E-state index in [-0.39, 0.29) is 5.97 Å². The average Bonchev–Trinajstić information content (AvgIpc) is 2.74. The number of nitrogens with one attached hydrogen (secondary N) is 1. The van der Waals surface area contributed by atoms with Gasteiger partial charge in [0, 0.05) is 5.39 Å². The zero-order chi connectivity index (χ0) is 12.5. The van der Waals surface area contributed by atoms with E-state index < -0.39 is 5.41 Å². The zero-order valence-corrected chi connectivity index (χ0v) is 10.3. The van der Waals surface area contributed by atoms with Crippen molar-refractivity contribution in [2.45, 2.75) is 20.3 Å². The zero-order valence-electron chi connectivity index (χ0n) is 10.3. The quantitative estimate of drug-likeness (QED) is 0.826. The molecule has 4 nitrogen and oxygen atoms in total. The molecule has 2 rings (SSSR count). The molecule has 0 unspecified atom stereocenters. The second-order valence-corrected chi connectivity index (χ2v) is 4.84. The van der Waals surface area contributed by atoms with Gasteiger partial charge in [0.15, 0.2) is 0 Å². The van der Waals surface area contributed by atoms with Crippen LogP contribution in [0.5, 0.6) is 0 Å². The van der Waals surface area contributed by atoms with Crippen molar-refractivity contribution >= 4 is 16.9 Å². The summed E-state index contributed by atoms with van der Waals surface area (Å²) >= 11 is 0. The van der Waals surface area contributed by atoms with E-state index >= 15 is 0 Å². The van der Waals surface area contributed by atoms with E-state index in [4.69, 9.17) is 4.74 Å². The molecule has 0 radical (unpaired) electrons. The number of methoxy groups -OCH3 is 1. The molecule has 90 valence electrons. The number of aromatic amines is 1. The smallest absolute Gasteiger partial charge is 0.311 e. The van der Waals surface area contributed by atoms with E-state index in [1.807, 2.05) is 32.0 Å². The molecule has 0 aliphatic rings. The maximum absolute atomic E-state index is 11.6. The van der Waals surface area contributed by atoms with Crippen molar-refractivity contribution in [1.29, 1.82) is 0 Å². The van der Waals surface area contributed by atoms with Crippen LogP contribution < -0.4 is 0 Å². The van der Waals surface area contributed by atoms with Crippen LogP contribution in [0.2, 0.25) is 0 Å². The predicted molar refractivity (Wildman–Crippen MR) is 65.6 cm³/mol. The number of nitrogens with zero attached hydrogens (tertiary/aromatic N) is 1. The van der Waals surface area contributed by atoms with Crippen LogP contribution in [0.15, 0.2) is 24.4 Å². The molecule has 0 atom stereocenters. The molecule has 2 aromatic rings. The number of carbonyl (C=O) groups is 1. The number of carbonyl (C=O) groups excluding carboxylic acids is 1. The maximum atomic E-state index is 11.6. The fraction of sp³-hybridized carbons (Fsp3) is 0.385. The number of H-pyrrole nitrogens is 1. The van der Waals surface area contributed by atoms with Gasteiger partial charge >= 0.3 is 5.97 Å². The number of hydrogen-bond acceptors (Lipinski definition) is 3. The molecule has 0 saturated carbocycles. The molecule has 0 aliphatic carbocycles. The van der Waals surface area contributed by atoms with Gasteiger partial charge in [-0.25, -0.2) is 0 Å². The molecule has 1 N–H and O–H groups in total. The van der Waals surface area contributed by atoms with Gasteiger partial charge in [-0.05, 0) is 38.0 Å². The van der Waals surface area contributed by atoms with Crippen LogP contribution in [-0.2, 0) is 16.0 Å². The van der Waals surface area contributed by atoms with Gasteiger partial charge in [-0.2, -0.15) is 5.10 Å². The fourth-order valence-electron chi connectivity index (χ4n) is 1.96. The normalized spacial score (nSPS) is 11.7. The van der Waals surface area contributed by atoms with Crippen molar-refractivity contribution in [2.24, 2.45) is 5.41 Å². The average molecular weight is 232 g/mol. The summed E-state index contributed by atoms with van der Waals surface area (Å²) < 4.78 is 4.80. The number of aromatic nitrogens is 2. The van der Waals surface area contributed by atoms with Gasteiger partial charge < -0.3 is 4.74 Å². The third-order valence-corrected chi connectivity index (χ3v) is 2.89. The Morgan fingerprint density at radius 3 is 2.94 bits per heavy atom. The monoisotopic (exact) mass is 232 g/mol. The highest BCUT2D eigenvalue weighted by Gasteiger charge is 2.28. The Morgan fingerprint density at radius 1 is 1.47 bits per heavy atom. The summed E-state index contributed by atoms with van der Waals surface area (Å²) in [7, 11) is 1.42. The first kappa shape index (κ1) is 11.6. The molecule has 0 spiro atoms. The van der Waals surface area contributed by atoms with Gasteiger partial charge in [-0.15, -0.1) is 0 Å². The third kappa shape index (κ3) is 2.30. The Hall–Kier alpha value is -1.84. The molecular formula is C13H16N2O2. The lowest BCUT2D eigenvalue weighted by Gasteiger charge is -2.21. The highest BCUT2D eigenvalue weighted by atomic mass is 16.5. The molecular weight excluding hydrogens is 216 g/mol. The Bertz CT molecular complexity index is 543. The van der Waals surface area contributed by atoms with Gasteiger partial charge in [-0.1, -0.05) is 6.07 Å². The van der Waals surface area contributed by atoms with Crippen molar-refractivity contribution in [2.75, 3.05) is 7.11 Å². The first-order valence-electron chi connectivity index (χ1n) is 5.53. The molecule has 0 fully saturated rings. The highest BCUT2D eigenvalue weighted by Crippen LogP contribution is 2.25. The van der Waals surface area contributed by atoms with E-state index in [0.717, 1.165) is 16.5 Å². The number of ether oxygens (including phenoxy) is 1. The Labute approximate surface area is 100.0 Å². The predicted octanol–water partition coefficient (Wildman–Crippen LogP) is 2.30. The van der Waals surface area contributed by atoms with Crippen molar-refractivity contribution in [3.8, 4) is 0 Å². The number of benzene rings is 1. The molecule has 1 aromatic heterocycles. The van der Waals surface area contributed by atoms with Crippen LogP contribution in [0.25, 0.3) is 10.9 Å². The Balaban J connectivity index is 2.25. The lowest BCUT2D eigenvalue weighted by atomic mass is 9.85. The summed E-state index contributed by atoms with van der Waals surface area (Å²) in [5, 5.41) is 7.93. The molecule has 0 saturated heterocycles. The molecule has 1 heterocycles. The summed E-state index contributed by atoms with van der Waals surface area (Å²) in [4.78, 5) is 11.6. The van der Waals surface area contributed by atoms with E-state index in [2.05, 4.69) is 10.2 Å². The molecule has 17 heavy (non-hydrogen) atoms. The summed E-state index contributed by atoms with van der Waals surface area (Å²) in [6.45, 7) is 3.77. The van der Waals surface area contributed by atoms with Crippen molar-refractivity contribution in [3.05, 3.63) is 30.0 Å². The van der Waals surface area contributed by atoms with Gasteiger partial charge in [0.05, 0.1) is 24.2 Å². The fourth-order valence-corrected chi connectivity index (χ4v) is 1.96. The number of hydrogen-bond donors (Lipinski definition) is 1. The second-order valence-electron chi connectivity index (χ2n) is 4.84. The maximum Gasteiger partial charge on any atom is 0.311 e.